The van der Waals surface area contributed by atoms with Crippen LogP contribution in [0, 0.1) is 0 Å². The number of hydrogen-bond donors (Lipinski definition) is 0. The molecule has 2 nitrogen and oxygen atoms in total. The van der Waals surface area contributed by atoms with Crippen molar-refractivity contribution in [2.45, 2.75) is 38.6 Å². The van der Waals surface area contributed by atoms with Crippen LogP contribution in [0.4, 0.5) is 0 Å². The summed E-state index contributed by atoms with van der Waals surface area (Å²) < 4.78 is 0. The van der Waals surface area contributed by atoms with Crippen LogP contribution in [0.25, 0.3) is 0 Å². The first-order valence-corrected chi connectivity index (χ1v) is 4.09. The van der Waals surface area contributed by atoms with E-state index in [2.05, 4.69) is 20.4 Å². The number of rotatable bonds is 2. The summed E-state index contributed by atoms with van der Waals surface area (Å²) in [5.74, 6) is 0.212. The molecule has 1 fully saturated rings. The number of likely N-dealkylation sites (tertiary alicyclic amines) is 1. The van der Waals surface area contributed by atoms with Crippen molar-refractivity contribution in [2.24, 2.45) is 0 Å². The van der Waals surface area contributed by atoms with Crippen molar-refractivity contribution in [1.29, 1.82) is 0 Å². The summed E-state index contributed by atoms with van der Waals surface area (Å²) >= 11 is 0. The molecule has 1 aliphatic rings. The predicted molar refractivity (Wildman–Crippen MR) is 45.0 cm³/mol. The first-order valence-electron chi connectivity index (χ1n) is 4.09. The highest BCUT2D eigenvalue weighted by molar-refractivity contribution is 5.80. The second-order valence-corrected chi connectivity index (χ2v) is 3.30. The Balaban J connectivity index is 2.83. The summed E-state index contributed by atoms with van der Waals surface area (Å²) in [4.78, 5) is 13.0. The van der Waals surface area contributed by atoms with Gasteiger partial charge in [-0.3, -0.25) is 4.79 Å². The molecule has 62 valence electrons. The summed E-state index contributed by atoms with van der Waals surface area (Å²) in [5.41, 5.74) is 0.0405. The smallest absolute Gasteiger partial charge is 0.227 e. The van der Waals surface area contributed by atoms with E-state index in [1.54, 1.807) is 11.1 Å². The summed E-state index contributed by atoms with van der Waals surface area (Å²) in [5, 5.41) is 0. The molecule has 11 heavy (non-hydrogen) atoms. The Morgan fingerprint density at radius 3 is 2.82 bits per heavy atom. The van der Waals surface area contributed by atoms with Gasteiger partial charge in [-0.1, -0.05) is 13.5 Å². The van der Waals surface area contributed by atoms with Crippen molar-refractivity contribution >= 4 is 5.91 Å². The third-order valence-corrected chi connectivity index (χ3v) is 2.67. The third kappa shape index (κ3) is 1.17. The van der Waals surface area contributed by atoms with Gasteiger partial charge in [-0.15, -0.1) is 0 Å². The van der Waals surface area contributed by atoms with E-state index < -0.39 is 0 Å². The molecule has 0 spiro atoms. The molecule has 1 atom stereocenters. The highest BCUT2D eigenvalue weighted by Gasteiger charge is 2.38. The maximum absolute atomic E-state index is 11.2. The fourth-order valence-electron chi connectivity index (χ4n) is 1.59. The number of carbonyl (C=O) groups excluding carboxylic acids is 1. The van der Waals surface area contributed by atoms with E-state index in [1.807, 2.05) is 0 Å². The SMILES string of the molecule is C=CN1C(=O)CCC1(C)CC. The summed E-state index contributed by atoms with van der Waals surface area (Å²) in [6.07, 6.45) is 4.30. The third-order valence-electron chi connectivity index (χ3n) is 2.67. The van der Waals surface area contributed by atoms with Gasteiger partial charge in [0.15, 0.2) is 0 Å². The van der Waals surface area contributed by atoms with Crippen LogP contribution in [-0.2, 0) is 4.79 Å². The van der Waals surface area contributed by atoms with Gasteiger partial charge in [0.05, 0.1) is 0 Å². The number of carbonyl (C=O) groups is 1. The van der Waals surface area contributed by atoms with E-state index in [1.165, 1.54) is 0 Å². The predicted octanol–water partition coefficient (Wildman–Crippen LogP) is 1.92. The highest BCUT2D eigenvalue weighted by atomic mass is 16.2. The van der Waals surface area contributed by atoms with Crippen molar-refractivity contribution in [2.75, 3.05) is 0 Å². The second kappa shape index (κ2) is 2.68. The van der Waals surface area contributed by atoms with Gasteiger partial charge in [-0.05, 0) is 19.8 Å². The number of nitrogens with zero attached hydrogens (tertiary/aromatic N) is 1. The van der Waals surface area contributed by atoms with Crippen LogP contribution < -0.4 is 0 Å². The van der Waals surface area contributed by atoms with E-state index in [4.69, 9.17) is 0 Å². The molecule has 0 aliphatic carbocycles. The van der Waals surface area contributed by atoms with Crippen molar-refractivity contribution in [1.82, 2.24) is 4.90 Å². The Kier molecular flexibility index (Phi) is 2.03. The molecule has 0 bridgehead atoms. The lowest BCUT2D eigenvalue weighted by Crippen LogP contribution is -2.38. The average Bonchev–Trinajstić information content (AvgIpc) is 2.29. The van der Waals surface area contributed by atoms with Crippen LogP contribution in [0.1, 0.15) is 33.1 Å². The Hall–Kier alpha value is -0.790. The fraction of sp³-hybridized carbons (Fsp3) is 0.667. The van der Waals surface area contributed by atoms with E-state index in [0.29, 0.717) is 6.42 Å². The quantitative estimate of drug-likeness (QED) is 0.593. The Morgan fingerprint density at radius 2 is 2.45 bits per heavy atom. The average molecular weight is 153 g/mol. The molecule has 0 aromatic rings. The number of amides is 1. The first-order chi connectivity index (χ1) is 5.14. The highest BCUT2D eigenvalue weighted by Crippen LogP contribution is 2.32. The van der Waals surface area contributed by atoms with E-state index in [0.717, 1.165) is 12.8 Å². The molecule has 1 amide bonds. The Morgan fingerprint density at radius 1 is 1.82 bits per heavy atom. The van der Waals surface area contributed by atoms with Crippen LogP contribution in [0.5, 0.6) is 0 Å². The van der Waals surface area contributed by atoms with Gasteiger partial charge in [0, 0.05) is 18.2 Å². The molecule has 1 rings (SSSR count). The largest absolute Gasteiger partial charge is 0.314 e. The second-order valence-electron chi connectivity index (χ2n) is 3.30. The van der Waals surface area contributed by atoms with Crippen LogP contribution in [-0.4, -0.2) is 16.3 Å². The number of hydrogen-bond acceptors (Lipinski definition) is 1. The minimum atomic E-state index is 0.0405. The molecule has 1 saturated heterocycles. The van der Waals surface area contributed by atoms with Gasteiger partial charge in [-0.2, -0.15) is 0 Å². The van der Waals surface area contributed by atoms with Crippen LogP contribution in [0.15, 0.2) is 12.8 Å². The zero-order chi connectivity index (χ0) is 8.48. The van der Waals surface area contributed by atoms with Gasteiger partial charge in [0.25, 0.3) is 0 Å². The zero-order valence-electron chi connectivity index (χ0n) is 7.26. The van der Waals surface area contributed by atoms with Gasteiger partial charge in [-0.25, -0.2) is 0 Å². The molecule has 1 heterocycles. The van der Waals surface area contributed by atoms with Gasteiger partial charge < -0.3 is 4.90 Å². The van der Waals surface area contributed by atoms with Crippen molar-refractivity contribution < 1.29 is 4.79 Å². The molecule has 0 aromatic heterocycles. The van der Waals surface area contributed by atoms with Crippen LogP contribution in [0.3, 0.4) is 0 Å². The summed E-state index contributed by atoms with van der Waals surface area (Å²) in [7, 11) is 0. The standard InChI is InChI=1S/C9H15NO/c1-4-9(3)7-6-8(11)10(9)5-2/h5H,2,4,6-7H2,1,3H3. The maximum atomic E-state index is 11.2. The molecule has 1 unspecified atom stereocenters. The van der Waals surface area contributed by atoms with E-state index >= 15 is 0 Å². The molecule has 2 heteroatoms. The maximum Gasteiger partial charge on any atom is 0.227 e. The lowest BCUT2D eigenvalue weighted by atomic mass is 9.96. The first kappa shape index (κ1) is 8.31. The van der Waals surface area contributed by atoms with Crippen molar-refractivity contribution in [3.05, 3.63) is 12.8 Å². The van der Waals surface area contributed by atoms with Crippen LogP contribution >= 0.6 is 0 Å². The van der Waals surface area contributed by atoms with Crippen LogP contribution in [0.2, 0.25) is 0 Å². The lowest BCUT2D eigenvalue weighted by Gasteiger charge is -2.31. The van der Waals surface area contributed by atoms with Gasteiger partial charge in [0.2, 0.25) is 5.91 Å². The zero-order valence-corrected chi connectivity index (χ0v) is 7.26. The fourth-order valence-corrected chi connectivity index (χ4v) is 1.59. The van der Waals surface area contributed by atoms with E-state index in [-0.39, 0.29) is 11.4 Å². The topological polar surface area (TPSA) is 20.3 Å². The van der Waals surface area contributed by atoms with E-state index in [9.17, 15) is 4.79 Å². The molecule has 0 saturated carbocycles. The molecule has 1 aliphatic heterocycles. The minimum Gasteiger partial charge on any atom is -0.314 e. The van der Waals surface area contributed by atoms with Crippen molar-refractivity contribution in [3.63, 3.8) is 0 Å². The molecular weight excluding hydrogens is 138 g/mol. The Bertz CT molecular complexity index is 188. The summed E-state index contributed by atoms with van der Waals surface area (Å²) in [6.45, 7) is 7.86. The molecule has 0 aromatic carbocycles. The van der Waals surface area contributed by atoms with Gasteiger partial charge >= 0.3 is 0 Å². The lowest BCUT2D eigenvalue weighted by molar-refractivity contribution is -0.127. The van der Waals surface area contributed by atoms with Crippen molar-refractivity contribution in [3.8, 4) is 0 Å². The monoisotopic (exact) mass is 153 g/mol. The molecular formula is C9H15NO. The molecule has 0 radical (unpaired) electrons. The molecule has 0 N–H and O–H groups in total. The minimum absolute atomic E-state index is 0.0405. The van der Waals surface area contributed by atoms with Gasteiger partial charge in [0.1, 0.15) is 0 Å². The Labute approximate surface area is 67.9 Å². The normalized spacial score (nSPS) is 31.1. The summed E-state index contributed by atoms with van der Waals surface area (Å²) in [6, 6.07) is 0.